The highest BCUT2D eigenvalue weighted by Crippen LogP contribution is 2.11. The predicted octanol–water partition coefficient (Wildman–Crippen LogP) is 1.72. The van der Waals surface area contributed by atoms with Crippen molar-refractivity contribution < 1.29 is 4.74 Å². The number of hydrogen-bond donors (Lipinski definition) is 1. The van der Waals surface area contributed by atoms with Crippen molar-refractivity contribution in [2.24, 2.45) is 5.73 Å². The average Bonchev–Trinajstić information content (AvgIpc) is 2.19. The molecule has 0 fully saturated rings. The molecule has 1 aromatic rings. The zero-order valence-electron chi connectivity index (χ0n) is 8.16. The fourth-order valence-corrected chi connectivity index (χ4v) is 0.917. The molecule has 0 saturated heterocycles. The van der Waals surface area contributed by atoms with Gasteiger partial charge in [-0.25, -0.2) is 0 Å². The zero-order chi connectivity index (χ0) is 9.68. The van der Waals surface area contributed by atoms with Gasteiger partial charge in [-0.05, 0) is 25.5 Å². The van der Waals surface area contributed by atoms with Gasteiger partial charge >= 0.3 is 0 Å². The van der Waals surface area contributed by atoms with E-state index in [2.05, 4.69) is 11.9 Å². The molecular weight excluding hydrogens is 164 g/mol. The molecular formula is C10H16N2O. The molecule has 72 valence electrons. The molecule has 0 amide bonds. The molecule has 13 heavy (non-hydrogen) atoms. The second-order valence-electron chi connectivity index (χ2n) is 3.03. The lowest BCUT2D eigenvalue weighted by molar-refractivity contribution is 0.216. The molecule has 3 heteroatoms. The van der Waals surface area contributed by atoms with Gasteiger partial charge in [0.15, 0.2) is 0 Å². The van der Waals surface area contributed by atoms with Crippen LogP contribution in [0.5, 0.6) is 5.75 Å². The van der Waals surface area contributed by atoms with Crippen LogP contribution in [0.1, 0.15) is 26.0 Å². The van der Waals surface area contributed by atoms with Crippen molar-refractivity contribution in [1.29, 1.82) is 0 Å². The topological polar surface area (TPSA) is 48.1 Å². The molecule has 0 aliphatic carbocycles. The molecule has 2 N–H and O–H groups in total. The summed E-state index contributed by atoms with van der Waals surface area (Å²) in [7, 11) is 0. The van der Waals surface area contributed by atoms with Crippen LogP contribution in [0, 0.1) is 0 Å². The minimum atomic E-state index is 0.241. The van der Waals surface area contributed by atoms with Crippen molar-refractivity contribution in [2.75, 3.05) is 0 Å². The predicted molar refractivity (Wildman–Crippen MR) is 52.5 cm³/mol. The van der Waals surface area contributed by atoms with Crippen molar-refractivity contribution in [2.45, 2.75) is 32.9 Å². The van der Waals surface area contributed by atoms with Crippen molar-refractivity contribution in [3.05, 3.63) is 24.0 Å². The lowest BCUT2D eigenvalue weighted by Gasteiger charge is -2.11. The first-order chi connectivity index (χ1) is 6.26. The lowest BCUT2D eigenvalue weighted by Crippen LogP contribution is -2.10. The summed E-state index contributed by atoms with van der Waals surface area (Å²) in [6.45, 7) is 4.60. The normalized spacial score (nSPS) is 12.5. The number of hydrogen-bond acceptors (Lipinski definition) is 3. The lowest BCUT2D eigenvalue weighted by atomic mass is 10.3. The van der Waals surface area contributed by atoms with Crippen LogP contribution < -0.4 is 10.5 Å². The molecule has 0 radical (unpaired) electrons. The Balaban J connectivity index is 2.58. The summed E-state index contributed by atoms with van der Waals surface area (Å²) in [5.41, 5.74) is 6.31. The first-order valence-electron chi connectivity index (χ1n) is 4.58. The van der Waals surface area contributed by atoms with Gasteiger partial charge in [0, 0.05) is 6.54 Å². The number of nitrogens with zero attached hydrogens (tertiary/aromatic N) is 1. The maximum atomic E-state index is 5.56. The first-order valence-corrected chi connectivity index (χ1v) is 4.58. The zero-order valence-corrected chi connectivity index (χ0v) is 8.16. The van der Waals surface area contributed by atoms with E-state index < -0.39 is 0 Å². The molecule has 3 nitrogen and oxygen atoms in total. The van der Waals surface area contributed by atoms with Crippen LogP contribution in [-0.2, 0) is 6.54 Å². The molecule has 0 saturated carbocycles. The Morgan fingerprint density at radius 3 is 2.77 bits per heavy atom. The molecule has 1 heterocycles. The summed E-state index contributed by atoms with van der Waals surface area (Å²) in [6, 6.07) is 3.79. The summed E-state index contributed by atoms with van der Waals surface area (Å²) >= 11 is 0. The standard InChI is InChI=1S/C10H16N2O/c1-3-8(2)13-10-5-4-9(6-11)12-7-10/h4-5,7-8H,3,6,11H2,1-2H3. The van der Waals surface area contributed by atoms with Gasteiger partial charge in [-0.1, -0.05) is 6.92 Å². The first kappa shape index (κ1) is 9.99. The van der Waals surface area contributed by atoms with Gasteiger partial charge in [-0.15, -0.1) is 0 Å². The van der Waals surface area contributed by atoms with Crippen LogP contribution >= 0.6 is 0 Å². The van der Waals surface area contributed by atoms with E-state index in [0.29, 0.717) is 6.54 Å². The minimum Gasteiger partial charge on any atom is -0.489 e. The number of nitrogens with two attached hydrogens (primary N) is 1. The van der Waals surface area contributed by atoms with E-state index in [1.165, 1.54) is 0 Å². The van der Waals surface area contributed by atoms with E-state index in [-0.39, 0.29) is 6.10 Å². The SMILES string of the molecule is CCC(C)Oc1ccc(CN)nc1. The highest BCUT2D eigenvalue weighted by molar-refractivity contribution is 5.19. The van der Waals surface area contributed by atoms with Crippen LogP contribution in [-0.4, -0.2) is 11.1 Å². The van der Waals surface area contributed by atoms with E-state index in [9.17, 15) is 0 Å². The van der Waals surface area contributed by atoms with E-state index >= 15 is 0 Å². The molecule has 0 spiro atoms. The van der Waals surface area contributed by atoms with Gasteiger partial charge in [0.25, 0.3) is 0 Å². The maximum absolute atomic E-state index is 5.56. The third kappa shape index (κ3) is 3.03. The fourth-order valence-electron chi connectivity index (χ4n) is 0.917. The number of ether oxygens (including phenoxy) is 1. The summed E-state index contributed by atoms with van der Waals surface area (Å²) < 4.78 is 5.56. The smallest absolute Gasteiger partial charge is 0.138 e. The van der Waals surface area contributed by atoms with Crippen LogP contribution in [0.2, 0.25) is 0 Å². The Bertz CT molecular complexity index is 246. The van der Waals surface area contributed by atoms with Crippen LogP contribution in [0.25, 0.3) is 0 Å². The van der Waals surface area contributed by atoms with E-state index in [4.69, 9.17) is 10.5 Å². The second-order valence-corrected chi connectivity index (χ2v) is 3.03. The average molecular weight is 180 g/mol. The molecule has 1 aromatic heterocycles. The molecule has 0 bridgehead atoms. The molecule has 0 aliphatic heterocycles. The van der Waals surface area contributed by atoms with Crippen molar-refractivity contribution >= 4 is 0 Å². The fraction of sp³-hybridized carbons (Fsp3) is 0.500. The van der Waals surface area contributed by atoms with E-state index in [0.717, 1.165) is 17.9 Å². The Kier molecular flexibility index (Phi) is 3.71. The van der Waals surface area contributed by atoms with Crippen LogP contribution in [0.15, 0.2) is 18.3 Å². The third-order valence-corrected chi connectivity index (χ3v) is 1.92. The van der Waals surface area contributed by atoms with Gasteiger partial charge in [0.1, 0.15) is 5.75 Å². The van der Waals surface area contributed by atoms with Gasteiger partial charge in [-0.3, -0.25) is 4.98 Å². The van der Waals surface area contributed by atoms with Crippen molar-refractivity contribution in [3.63, 3.8) is 0 Å². The summed E-state index contributed by atoms with van der Waals surface area (Å²) in [4.78, 5) is 4.13. The van der Waals surface area contributed by atoms with E-state index in [1.807, 2.05) is 19.1 Å². The third-order valence-electron chi connectivity index (χ3n) is 1.92. The van der Waals surface area contributed by atoms with Crippen molar-refractivity contribution in [3.8, 4) is 5.75 Å². The molecule has 1 unspecified atom stereocenters. The van der Waals surface area contributed by atoms with Gasteiger partial charge < -0.3 is 10.5 Å². The molecule has 1 rings (SSSR count). The maximum Gasteiger partial charge on any atom is 0.138 e. The van der Waals surface area contributed by atoms with Gasteiger partial charge in [0.2, 0.25) is 0 Å². The largest absolute Gasteiger partial charge is 0.489 e. The number of rotatable bonds is 4. The molecule has 0 aromatic carbocycles. The number of aromatic nitrogens is 1. The Hall–Kier alpha value is -1.09. The number of pyridine rings is 1. The summed E-state index contributed by atoms with van der Waals surface area (Å²) in [5.74, 6) is 0.812. The Labute approximate surface area is 78.9 Å². The van der Waals surface area contributed by atoms with Crippen LogP contribution in [0.4, 0.5) is 0 Å². The van der Waals surface area contributed by atoms with Gasteiger partial charge in [-0.2, -0.15) is 0 Å². The Morgan fingerprint density at radius 2 is 2.31 bits per heavy atom. The van der Waals surface area contributed by atoms with Crippen molar-refractivity contribution in [1.82, 2.24) is 4.98 Å². The van der Waals surface area contributed by atoms with E-state index in [1.54, 1.807) is 6.20 Å². The summed E-state index contributed by atoms with van der Waals surface area (Å²) in [5, 5.41) is 0. The monoisotopic (exact) mass is 180 g/mol. The summed E-state index contributed by atoms with van der Waals surface area (Å²) in [6.07, 6.45) is 2.96. The second kappa shape index (κ2) is 4.82. The van der Waals surface area contributed by atoms with Crippen LogP contribution in [0.3, 0.4) is 0 Å². The quantitative estimate of drug-likeness (QED) is 0.767. The Morgan fingerprint density at radius 1 is 1.54 bits per heavy atom. The molecule has 0 aliphatic rings. The highest BCUT2D eigenvalue weighted by Gasteiger charge is 2.00. The molecule has 1 atom stereocenters. The van der Waals surface area contributed by atoms with Gasteiger partial charge in [0.05, 0.1) is 18.0 Å². The highest BCUT2D eigenvalue weighted by atomic mass is 16.5. The minimum absolute atomic E-state index is 0.241.